The fourth-order valence-corrected chi connectivity index (χ4v) is 4.41. The van der Waals surface area contributed by atoms with E-state index in [0.717, 1.165) is 29.5 Å². The second-order valence-corrected chi connectivity index (χ2v) is 8.43. The number of hydrogen-bond donors (Lipinski definition) is 1. The van der Waals surface area contributed by atoms with Crippen molar-refractivity contribution in [1.29, 1.82) is 0 Å². The molecular weight excluding hydrogens is 376 g/mol. The standard InChI is InChI=1S/C24H28N4O2/c1-16-6-5-9-21(17(16)2)26-23(29)15-28-24(30)20-8-4-3-7-19(20)22(27-28)14-18-10-12-25-13-11-18/h3-4,7-8,10-13,16-17,21H,5-6,9,14-15H2,1-2H3,(H,26,29)/t16-,17+,21-/m1/s1. The number of rotatable bonds is 5. The normalized spacial score (nSPS) is 21.5. The Bertz CT molecular complexity index is 1090. The van der Waals surface area contributed by atoms with Gasteiger partial charge in [-0.3, -0.25) is 14.6 Å². The minimum absolute atomic E-state index is 0.0649. The largest absolute Gasteiger partial charge is 0.351 e. The highest BCUT2D eigenvalue weighted by Gasteiger charge is 2.28. The predicted molar refractivity (Wildman–Crippen MR) is 117 cm³/mol. The first-order valence-electron chi connectivity index (χ1n) is 10.7. The van der Waals surface area contributed by atoms with Gasteiger partial charge < -0.3 is 5.32 Å². The van der Waals surface area contributed by atoms with Gasteiger partial charge in [0.1, 0.15) is 6.54 Å². The molecule has 2 heterocycles. The molecule has 30 heavy (non-hydrogen) atoms. The van der Waals surface area contributed by atoms with Gasteiger partial charge in [0.25, 0.3) is 5.56 Å². The SMILES string of the molecule is C[C@H]1[C@H](C)CCC[C@H]1NC(=O)Cn1nc(Cc2ccncc2)c2ccccc2c1=O. The van der Waals surface area contributed by atoms with E-state index in [0.29, 0.717) is 23.6 Å². The Hall–Kier alpha value is -3.02. The number of pyridine rings is 1. The van der Waals surface area contributed by atoms with Crippen molar-refractivity contribution in [3.05, 3.63) is 70.4 Å². The molecule has 0 bridgehead atoms. The molecule has 1 N–H and O–H groups in total. The molecular formula is C24H28N4O2. The summed E-state index contributed by atoms with van der Waals surface area (Å²) in [7, 11) is 0. The molecule has 1 aromatic carbocycles. The van der Waals surface area contributed by atoms with Gasteiger partial charge in [-0.15, -0.1) is 0 Å². The summed E-state index contributed by atoms with van der Waals surface area (Å²) in [5.74, 6) is 0.879. The molecule has 3 atom stereocenters. The summed E-state index contributed by atoms with van der Waals surface area (Å²) in [6.45, 7) is 4.37. The fraction of sp³-hybridized carbons (Fsp3) is 0.417. The number of carbonyl (C=O) groups is 1. The Morgan fingerprint density at radius 2 is 1.83 bits per heavy atom. The van der Waals surface area contributed by atoms with Crippen LogP contribution in [0.4, 0.5) is 0 Å². The smallest absolute Gasteiger partial charge is 0.275 e. The van der Waals surface area contributed by atoms with E-state index in [-0.39, 0.29) is 24.1 Å². The third-order valence-electron chi connectivity index (χ3n) is 6.41. The minimum Gasteiger partial charge on any atom is -0.351 e. The summed E-state index contributed by atoms with van der Waals surface area (Å²) in [5.41, 5.74) is 1.61. The lowest BCUT2D eigenvalue weighted by molar-refractivity contribution is -0.123. The Balaban J connectivity index is 1.61. The van der Waals surface area contributed by atoms with Crippen LogP contribution in [0, 0.1) is 11.8 Å². The van der Waals surface area contributed by atoms with Crippen molar-refractivity contribution < 1.29 is 4.79 Å². The van der Waals surface area contributed by atoms with Crippen LogP contribution in [-0.2, 0) is 17.8 Å². The monoisotopic (exact) mass is 404 g/mol. The highest BCUT2D eigenvalue weighted by atomic mass is 16.2. The van der Waals surface area contributed by atoms with Gasteiger partial charge in [0, 0.05) is 30.2 Å². The summed E-state index contributed by atoms with van der Waals surface area (Å²) in [5, 5.41) is 9.14. The maximum Gasteiger partial charge on any atom is 0.275 e. The van der Waals surface area contributed by atoms with Gasteiger partial charge in [-0.25, -0.2) is 4.68 Å². The van der Waals surface area contributed by atoms with E-state index in [4.69, 9.17) is 0 Å². The Kier molecular flexibility index (Phi) is 5.93. The molecule has 0 aliphatic heterocycles. The quantitative estimate of drug-likeness (QED) is 0.708. The maximum atomic E-state index is 13.0. The number of amides is 1. The van der Waals surface area contributed by atoms with Crippen LogP contribution in [0.2, 0.25) is 0 Å². The Labute approximate surface area is 176 Å². The molecule has 0 radical (unpaired) electrons. The molecule has 2 aromatic heterocycles. The minimum atomic E-state index is -0.232. The molecule has 0 spiro atoms. The van der Waals surface area contributed by atoms with Crippen molar-refractivity contribution in [2.75, 3.05) is 0 Å². The van der Waals surface area contributed by atoms with Gasteiger partial charge in [-0.05, 0) is 42.0 Å². The topological polar surface area (TPSA) is 76.9 Å². The summed E-state index contributed by atoms with van der Waals surface area (Å²) in [6.07, 6.45) is 7.38. The summed E-state index contributed by atoms with van der Waals surface area (Å²) >= 11 is 0. The van der Waals surface area contributed by atoms with Crippen molar-refractivity contribution >= 4 is 16.7 Å². The zero-order valence-corrected chi connectivity index (χ0v) is 17.5. The lowest BCUT2D eigenvalue weighted by Crippen LogP contribution is -2.45. The van der Waals surface area contributed by atoms with E-state index in [1.54, 1.807) is 18.5 Å². The summed E-state index contributed by atoms with van der Waals surface area (Å²) < 4.78 is 1.31. The Morgan fingerprint density at radius 3 is 2.60 bits per heavy atom. The molecule has 6 heteroatoms. The van der Waals surface area contributed by atoms with E-state index in [1.807, 2.05) is 30.3 Å². The Morgan fingerprint density at radius 1 is 1.10 bits per heavy atom. The third kappa shape index (κ3) is 4.27. The van der Waals surface area contributed by atoms with Crippen LogP contribution < -0.4 is 10.9 Å². The number of benzene rings is 1. The average Bonchev–Trinajstić information content (AvgIpc) is 2.75. The van der Waals surface area contributed by atoms with Crippen LogP contribution in [0.25, 0.3) is 10.8 Å². The van der Waals surface area contributed by atoms with Crippen molar-refractivity contribution in [3.8, 4) is 0 Å². The maximum absolute atomic E-state index is 13.0. The molecule has 1 aliphatic carbocycles. The van der Waals surface area contributed by atoms with Crippen LogP contribution in [0.5, 0.6) is 0 Å². The molecule has 1 aliphatic rings. The average molecular weight is 405 g/mol. The van der Waals surface area contributed by atoms with Gasteiger partial charge in [0.15, 0.2) is 0 Å². The number of nitrogens with zero attached hydrogens (tertiary/aromatic N) is 3. The zero-order chi connectivity index (χ0) is 21.1. The van der Waals surface area contributed by atoms with E-state index in [1.165, 1.54) is 11.1 Å². The molecule has 1 fully saturated rings. The number of hydrogen-bond acceptors (Lipinski definition) is 4. The highest BCUT2D eigenvalue weighted by Crippen LogP contribution is 2.29. The van der Waals surface area contributed by atoms with E-state index >= 15 is 0 Å². The number of carbonyl (C=O) groups excluding carboxylic acids is 1. The van der Waals surface area contributed by atoms with Crippen molar-refractivity contribution in [1.82, 2.24) is 20.1 Å². The van der Waals surface area contributed by atoms with E-state index < -0.39 is 0 Å². The van der Waals surface area contributed by atoms with Crippen LogP contribution in [0.1, 0.15) is 44.4 Å². The molecule has 4 rings (SSSR count). The van der Waals surface area contributed by atoms with Crippen LogP contribution in [0.15, 0.2) is 53.6 Å². The van der Waals surface area contributed by atoms with Gasteiger partial charge in [0.05, 0.1) is 11.1 Å². The molecule has 1 amide bonds. The van der Waals surface area contributed by atoms with E-state index in [2.05, 4.69) is 29.2 Å². The fourth-order valence-electron chi connectivity index (χ4n) is 4.41. The number of fused-ring (bicyclic) bond motifs is 1. The van der Waals surface area contributed by atoms with Gasteiger partial charge in [-0.1, -0.05) is 44.9 Å². The molecule has 0 unspecified atom stereocenters. The lowest BCUT2D eigenvalue weighted by atomic mass is 9.78. The second kappa shape index (κ2) is 8.78. The molecule has 6 nitrogen and oxygen atoms in total. The second-order valence-electron chi connectivity index (χ2n) is 8.43. The molecule has 1 saturated carbocycles. The summed E-state index contributed by atoms with van der Waals surface area (Å²) in [4.78, 5) is 29.8. The molecule has 3 aromatic rings. The third-order valence-corrected chi connectivity index (χ3v) is 6.41. The molecule has 156 valence electrons. The van der Waals surface area contributed by atoms with E-state index in [9.17, 15) is 9.59 Å². The summed E-state index contributed by atoms with van der Waals surface area (Å²) in [6, 6.07) is 11.5. The first kappa shape index (κ1) is 20.3. The highest BCUT2D eigenvalue weighted by molar-refractivity contribution is 5.84. The van der Waals surface area contributed by atoms with Crippen molar-refractivity contribution in [2.45, 2.75) is 52.1 Å². The van der Waals surface area contributed by atoms with Crippen molar-refractivity contribution in [3.63, 3.8) is 0 Å². The van der Waals surface area contributed by atoms with Gasteiger partial charge in [0.2, 0.25) is 5.91 Å². The first-order valence-corrected chi connectivity index (χ1v) is 10.7. The lowest BCUT2D eigenvalue weighted by Gasteiger charge is -2.34. The zero-order valence-electron chi connectivity index (χ0n) is 17.5. The van der Waals surface area contributed by atoms with Gasteiger partial charge >= 0.3 is 0 Å². The molecule has 0 saturated heterocycles. The first-order chi connectivity index (χ1) is 14.5. The van der Waals surface area contributed by atoms with Crippen LogP contribution in [0.3, 0.4) is 0 Å². The predicted octanol–water partition coefficient (Wildman–Crippen LogP) is 3.32. The number of aromatic nitrogens is 3. The van der Waals surface area contributed by atoms with Gasteiger partial charge in [-0.2, -0.15) is 5.10 Å². The van der Waals surface area contributed by atoms with Crippen molar-refractivity contribution in [2.24, 2.45) is 11.8 Å². The van der Waals surface area contributed by atoms with Crippen LogP contribution >= 0.6 is 0 Å². The number of nitrogens with one attached hydrogen (secondary N) is 1. The van der Waals surface area contributed by atoms with Crippen LogP contribution in [-0.4, -0.2) is 26.7 Å².